The van der Waals surface area contributed by atoms with Gasteiger partial charge in [-0.2, -0.15) is 0 Å². The van der Waals surface area contributed by atoms with Crippen molar-refractivity contribution in [2.45, 2.75) is 13.8 Å². The van der Waals surface area contributed by atoms with E-state index in [2.05, 4.69) is 21.2 Å². The fraction of sp³-hybridized carbons (Fsp3) is 0.167. The van der Waals surface area contributed by atoms with Gasteiger partial charge in [0.25, 0.3) is 11.1 Å². The molecule has 0 bridgehead atoms. The number of benzene rings is 1. The van der Waals surface area contributed by atoms with E-state index in [0.29, 0.717) is 10.6 Å². The first kappa shape index (κ1) is 18.9. The van der Waals surface area contributed by atoms with E-state index >= 15 is 0 Å². The monoisotopic (exact) mass is 450 g/mol. The summed E-state index contributed by atoms with van der Waals surface area (Å²) in [5.74, 6) is -0.851. The second kappa shape index (κ2) is 7.77. The van der Waals surface area contributed by atoms with Crippen LogP contribution in [0, 0.1) is 13.8 Å². The first-order valence-corrected chi connectivity index (χ1v) is 10.2. The lowest BCUT2D eigenvalue weighted by Crippen LogP contribution is -2.36. The van der Waals surface area contributed by atoms with Gasteiger partial charge in [-0.15, -0.1) is 11.3 Å². The molecule has 0 spiro atoms. The molecule has 1 aromatic carbocycles. The van der Waals surface area contributed by atoms with Gasteiger partial charge in [-0.1, -0.05) is 6.07 Å². The topological polar surface area (TPSA) is 66.5 Å². The summed E-state index contributed by atoms with van der Waals surface area (Å²) in [5.41, 5.74) is 2.82. The van der Waals surface area contributed by atoms with Crippen molar-refractivity contribution in [1.29, 1.82) is 0 Å². The van der Waals surface area contributed by atoms with Crippen molar-refractivity contribution in [3.63, 3.8) is 0 Å². The van der Waals surface area contributed by atoms with E-state index in [0.717, 1.165) is 37.1 Å². The van der Waals surface area contributed by atoms with Gasteiger partial charge in [-0.05, 0) is 76.9 Å². The number of hydrogen-bond acceptors (Lipinski definition) is 5. The third-order valence-electron chi connectivity index (χ3n) is 3.83. The molecular weight excluding hydrogens is 436 g/mol. The second-order valence-electron chi connectivity index (χ2n) is 5.78. The molecule has 1 aliphatic heterocycles. The fourth-order valence-corrected chi connectivity index (χ4v) is 4.61. The van der Waals surface area contributed by atoms with Gasteiger partial charge >= 0.3 is 0 Å². The molecule has 0 radical (unpaired) electrons. The highest BCUT2D eigenvalue weighted by atomic mass is 79.9. The van der Waals surface area contributed by atoms with Gasteiger partial charge in [-0.25, -0.2) is 0 Å². The second-order valence-corrected chi connectivity index (χ2v) is 8.63. The zero-order valence-electron chi connectivity index (χ0n) is 14.0. The minimum absolute atomic E-state index is 0.303. The maximum absolute atomic E-state index is 12.4. The van der Waals surface area contributed by atoms with Crippen LogP contribution in [0.25, 0.3) is 6.08 Å². The van der Waals surface area contributed by atoms with Gasteiger partial charge in [0.05, 0.1) is 4.91 Å². The Hall–Kier alpha value is -1.90. The molecule has 1 aliphatic rings. The molecule has 2 aromatic rings. The van der Waals surface area contributed by atoms with Crippen molar-refractivity contribution < 1.29 is 14.4 Å². The van der Waals surface area contributed by atoms with E-state index in [1.165, 1.54) is 11.3 Å². The number of imide groups is 1. The molecule has 2 heterocycles. The van der Waals surface area contributed by atoms with Crippen LogP contribution in [0.5, 0.6) is 0 Å². The molecule has 0 unspecified atom stereocenters. The molecule has 8 heteroatoms. The zero-order chi connectivity index (χ0) is 18.8. The number of hydrogen-bond donors (Lipinski definition) is 1. The number of carbonyl (C=O) groups is 3. The van der Waals surface area contributed by atoms with Crippen LogP contribution < -0.4 is 5.32 Å². The molecule has 3 amide bonds. The average Bonchev–Trinajstić information content (AvgIpc) is 3.09. The lowest BCUT2D eigenvalue weighted by Gasteiger charge is -2.13. The van der Waals surface area contributed by atoms with Gasteiger partial charge in [0.15, 0.2) is 0 Å². The predicted molar refractivity (Wildman–Crippen MR) is 109 cm³/mol. The SMILES string of the molecule is Cc1ccc(NC(=O)CN2C(=O)S/C(=C/c3cc(Br)cs3)C2=O)cc1C. The summed E-state index contributed by atoms with van der Waals surface area (Å²) in [6.07, 6.45) is 1.67. The molecule has 1 N–H and O–H groups in total. The quantitative estimate of drug-likeness (QED) is 0.679. The highest BCUT2D eigenvalue weighted by molar-refractivity contribution is 9.10. The molecular formula is C18H15BrN2O3S2. The molecule has 0 saturated carbocycles. The first-order valence-electron chi connectivity index (χ1n) is 7.70. The number of anilines is 1. The molecule has 0 atom stereocenters. The summed E-state index contributed by atoms with van der Waals surface area (Å²) in [6.45, 7) is 3.64. The first-order chi connectivity index (χ1) is 12.3. The smallest absolute Gasteiger partial charge is 0.294 e. The fourth-order valence-electron chi connectivity index (χ4n) is 2.33. The summed E-state index contributed by atoms with van der Waals surface area (Å²) in [5, 5.41) is 4.19. The molecule has 134 valence electrons. The number of rotatable bonds is 4. The number of carbonyl (C=O) groups excluding carboxylic acids is 3. The highest BCUT2D eigenvalue weighted by Gasteiger charge is 2.36. The Morgan fingerprint density at radius 1 is 1.23 bits per heavy atom. The summed E-state index contributed by atoms with van der Waals surface area (Å²) in [4.78, 5) is 38.9. The van der Waals surface area contributed by atoms with Crippen molar-refractivity contribution in [3.05, 3.63) is 55.0 Å². The van der Waals surface area contributed by atoms with Gasteiger partial charge in [-0.3, -0.25) is 19.3 Å². The Balaban J connectivity index is 1.68. The Morgan fingerprint density at radius 2 is 2.00 bits per heavy atom. The van der Waals surface area contributed by atoms with Crippen LogP contribution >= 0.6 is 39.0 Å². The largest absolute Gasteiger partial charge is 0.325 e. The lowest BCUT2D eigenvalue weighted by molar-refractivity contribution is -0.127. The standard InChI is InChI=1S/C18H15BrN2O3S2/c1-10-3-4-13(5-11(10)2)20-16(22)8-21-17(23)15(26-18(21)24)7-14-6-12(19)9-25-14/h3-7,9H,8H2,1-2H3,(H,20,22)/b15-7+. The van der Waals surface area contributed by atoms with E-state index in [-0.39, 0.29) is 6.54 Å². The molecule has 5 nitrogen and oxygen atoms in total. The van der Waals surface area contributed by atoms with Crippen LogP contribution in [-0.4, -0.2) is 28.5 Å². The van der Waals surface area contributed by atoms with Crippen molar-refractivity contribution >= 4 is 67.8 Å². The Morgan fingerprint density at radius 3 is 2.65 bits per heavy atom. The maximum Gasteiger partial charge on any atom is 0.294 e. The van der Waals surface area contributed by atoms with E-state index in [1.807, 2.05) is 37.4 Å². The molecule has 26 heavy (non-hydrogen) atoms. The number of thioether (sulfide) groups is 1. The summed E-state index contributed by atoms with van der Waals surface area (Å²) in [6, 6.07) is 7.43. The van der Waals surface area contributed by atoms with Crippen LogP contribution in [-0.2, 0) is 9.59 Å². The lowest BCUT2D eigenvalue weighted by atomic mass is 10.1. The van der Waals surface area contributed by atoms with Gasteiger partial charge in [0.2, 0.25) is 5.91 Å². The normalized spacial score (nSPS) is 15.8. The Kier molecular flexibility index (Phi) is 5.64. The van der Waals surface area contributed by atoms with Gasteiger partial charge in [0, 0.05) is 20.4 Å². The molecule has 1 fully saturated rings. The van der Waals surface area contributed by atoms with Crippen LogP contribution in [0.15, 0.2) is 39.0 Å². The number of nitrogens with zero attached hydrogens (tertiary/aromatic N) is 1. The minimum atomic E-state index is -0.445. The highest BCUT2D eigenvalue weighted by Crippen LogP contribution is 2.33. The number of nitrogens with one attached hydrogen (secondary N) is 1. The third-order valence-corrected chi connectivity index (χ3v) is 6.38. The van der Waals surface area contributed by atoms with E-state index in [9.17, 15) is 14.4 Å². The van der Waals surface area contributed by atoms with E-state index in [1.54, 1.807) is 12.1 Å². The van der Waals surface area contributed by atoms with Crippen molar-refractivity contribution in [1.82, 2.24) is 4.90 Å². The Labute approximate surface area is 167 Å². The molecule has 0 aliphatic carbocycles. The summed E-state index contributed by atoms with van der Waals surface area (Å²) in [7, 11) is 0. The summed E-state index contributed by atoms with van der Waals surface area (Å²) < 4.78 is 0.917. The number of halogens is 1. The number of aryl methyl sites for hydroxylation is 2. The third kappa shape index (κ3) is 4.25. The van der Waals surface area contributed by atoms with Crippen LogP contribution in [0.3, 0.4) is 0 Å². The van der Waals surface area contributed by atoms with E-state index < -0.39 is 17.1 Å². The molecule has 1 aromatic heterocycles. The number of amides is 3. The minimum Gasteiger partial charge on any atom is -0.325 e. The van der Waals surface area contributed by atoms with E-state index in [4.69, 9.17) is 0 Å². The van der Waals surface area contributed by atoms with Crippen molar-refractivity contribution in [2.24, 2.45) is 0 Å². The molecule has 3 rings (SSSR count). The summed E-state index contributed by atoms with van der Waals surface area (Å²) >= 11 is 5.66. The predicted octanol–water partition coefficient (Wildman–Crippen LogP) is 4.80. The zero-order valence-corrected chi connectivity index (χ0v) is 17.3. The average molecular weight is 451 g/mol. The van der Waals surface area contributed by atoms with Crippen LogP contribution in [0.4, 0.5) is 10.5 Å². The Bertz CT molecular complexity index is 936. The van der Waals surface area contributed by atoms with Gasteiger partial charge < -0.3 is 5.32 Å². The van der Waals surface area contributed by atoms with Gasteiger partial charge in [0.1, 0.15) is 6.54 Å². The maximum atomic E-state index is 12.4. The van der Waals surface area contributed by atoms with Crippen LogP contribution in [0.1, 0.15) is 16.0 Å². The van der Waals surface area contributed by atoms with Crippen molar-refractivity contribution in [3.8, 4) is 0 Å². The molecule has 1 saturated heterocycles. The van der Waals surface area contributed by atoms with Crippen LogP contribution in [0.2, 0.25) is 0 Å². The van der Waals surface area contributed by atoms with Crippen molar-refractivity contribution in [2.75, 3.05) is 11.9 Å². The number of thiophene rings is 1.